The van der Waals surface area contributed by atoms with E-state index in [0.717, 1.165) is 36.4 Å². The highest BCUT2D eigenvalue weighted by atomic mass is 16.5. The van der Waals surface area contributed by atoms with Crippen LogP contribution in [-0.2, 0) is 9.53 Å². The lowest BCUT2D eigenvalue weighted by atomic mass is 9.90. The summed E-state index contributed by atoms with van der Waals surface area (Å²) in [5.41, 5.74) is 4.48. The molecule has 3 rings (SSSR count). The first-order valence-electron chi connectivity index (χ1n) is 8.92. The second kappa shape index (κ2) is 8.80. The summed E-state index contributed by atoms with van der Waals surface area (Å²) in [4.78, 5) is 14.4. The summed E-state index contributed by atoms with van der Waals surface area (Å²) in [6.45, 7) is 5.28. The van der Waals surface area contributed by atoms with Crippen LogP contribution in [0.1, 0.15) is 24.0 Å². The lowest BCUT2D eigenvalue weighted by Gasteiger charge is -2.35. The molecule has 138 valence electrons. The third-order valence-corrected chi connectivity index (χ3v) is 4.66. The van der Waals surface area contributed by atoms with Gasteiger partial charge in [0.2, 0.25) is 0 Å². The molecule has 0 spiro atoms. The Labute approximate surface area is 153 Å². The minimum absolute atomic E-state index is 0.00487. The molecule has 1 aliphatic rings. The molecule has 26 heavy (non-hydrogen) atoms. The maximum absolute atomic E-state index is 12.2. The number of amides is 1. The third kappa shape index (κ3) is 4.04. The van der Waals surface area contributed by atoms with Crippen LogP contribution in [0.4, 0.5) is 5.69 Å². The Morgan fingerprint density at radius 1 is 1.23 bits per heavy atom. The van der Waals surface area contributed by atoms with Gasteiger partial charge in [-0.15, -0.1) is 0 Å². The standard InChI is InChI=1S/C20H25N3O3/c1-2-23(18-14-21-12-13-26-18)17-10-8-16(9-11-17)19(20(24)22-25)15-6-4-3-5-7-15/h3-11,18-19,21,25H,2,12-14H2,1H3,(H,22,24). The van der Waals surface area contributed by atoms with Gasteiger partial charge in [-0.3, -0.25) is 10.0 Å². The van der Waals surface area contributed by atoms with Gasteiger partial charge in [0.25, 0.3) is 5.91 Å². The van der Waals surface area contributed by atoms with E-state index < -0.39 is 11.8 Å². The smallest absolute Gasteiger partial charge is 0.255 e. The Balaban J connectivity index is 1.85. The number of rotatable bonds is 6. The molecule has 0 bridgehead atoms. The van der Waals surface area contributed by atoms with Crippen LogP contribution in [0.3, 0.4) is 0 Å². The fourth-order valence-electron chi connectivity index (χ4n) is 3.37. The second-order valence-electron chi connectivity index (χ2n) is 6.23. The van der Waals surface area contributed by atoms with E-state index in [1.807, 2.05) is 54.6 Å². The predicted molar refractivity (Wildman–Crippen MR) is 100 cm³/mol. The lowest BCUT2D eigenvalue weighted by Crippen LogP contribution is -2.49. The van der Waals surface area contributed by atoms with E-state index in [9.17, 15) is 4.79 Å². The highest BCUT2D eigenvalue weighted by Gasteiger charge is 2.24. The maximum atomic E-state index is 12.2. The summed E-state index contributed by atoms with van der Waals surface area (Å²) in [6, 6.07) is 17.3. The number of anilines is 1. The minimum Gasteiger partial charge on any atom is -0.356 e. The van der Waals surface area contributed by atoms with Crippen molar-refractivity contribution in [3.63, 3.8) is 0 Å². The summed E-state index contributed by atoms with van der Waals surface area (Å²) in [5.74, 6) is -1.01. The fraction of sp³-hybridized carbons (Fsp3) is 0.350. The number of hydrogen-bond acceptors (Lipinski definition) is 5. The highest BCUT2D eigenvalue weighted by molar-refractivity contribution is 5.86. The number of hydrogen-bond donors (Lipinski definition) is 3. The van der Waals surface area contributed by atoms with Crippen molar-refractivity contribution in [2.75, 3.05) is 31.1 Å². The summed E-state index contributed by atoms with van der Waals surface area (Å²) in [5, 5.41) is 12.5. The number of hydroxylamine groups is 1. The number of carbonyl (C=O) groups excluding carboxylic acids is 1. The monoisotopic (exact) mass is 355 g/mol. The van der Waals surface area contributed by atoms with Crippen molar-refractivity contribution in [1.82, 2.24) is 10.8 Å². The molecule has 2 aromatic rings. The second-order valence-corrected chi connectivity index (χ2v) is 6.23. The van der Waals surface area contributed by atoms with Crippen molar-refractivity contribution < 1.29 is 14.7 Å². The predicted octanol–water partition coefficient (Wildman–Crippen LogP) is 2.10. The Morgan fingerprint density at radius 2 is 1.92 bits per heavy atom. The largest absolute Gasteiger partial charge is 0.356 e. The SMILES string of the molecule is CCN(c1ccc(C(C(=O)NO)c2ccccc2)cc1)C1CNCCO1. The molecule has 1 aliphatic heterocycles. The van der Waals surface area contributed by atoms with E-state index in [-0.39, 0.29) is 6.23 Å². The number of likely N-dealkylation sites (N-methyl/N-ethyl adjacent to an activating group) is 1. The summed E-state index contributed by atoms with van der Waals surface area (Å²) >= 11 is 0. The maximum Gasteiger partial charge on any atom is 0.255 e. The quantitative estimate of drug-likeness (QED) is 0.547. The van der Waals surface area contributed by atoms with Crippen LogP contribution >= 0.6 is 0 Å². The van der Waals surface area contributed by atoms with E-state index in [1.54, 1.807) is 5.48 Å². The van der Waals surface area contributed by atoms with E-state index in [0.29, 0.717) is 6.61 Å². The molecule has 1 fully saturated rings. The highest BCUT2D eigenvalue weighted by Crippen LogP contribution is 2.27. The summed E-state index contributed by atoms with van der Waals surface area (Å²) < 4.78 is 5.85. The Kier molecular flexibility index (Phi) is 6.22. The van der Waals surface area contributed by atoms with Gasteiger partial charge >= 0.3 is 0 Å². The van der Waals surface area contributed by atoms with Gasteiger partial charge in [0, 0.05) is 25.3 Å². The van der Waals surface area contributed by atoms with Gasteiger partial charge in [0.15, 0.2) is 0 Å². The number of nitrogens with one attached hydrogen (secondary N) is 2. The van der Waals surface area contributed by atoms with E-state index in [2.05, 4.69) is 17.1 Å². The lowest BCUT2D eigenvalue weighted by molar-refractivity contribution is -0.129. The first-order chi connectivity index (χ1) is 12.7. The van der Waals surface area contributed by atoms with Gasteiger partial charge in [-0.25, -0.2) is 5.48 Å². The third-order valence-electron chi connectivity index (χ3n) is 4.66. The molecular weight excluding hydrogens is 330 g/mol. The van der Waals surface area contributed by atoms with Gasteiger partial charge in [-0.2, -0.15) is 0 Å². The van der Waals surface area contributed by atoms with E-state index >= 15 is 0 Å². The Morgan fingerprint density at radius 3 is 2.50 bits per heavy atom. The molecule has 2 unspecified atom stereocenters. The molecule has 0 aromatic heterocycles. The van der Waals surface area contributed by atoms with Crippen LogP contribution < -0.4 is 15.7 Å². The van der Waals surface area contributed by atoms with Crippen LogP contribution in [0.5, 0.6) is 0 Å². The normalized spacial score (nSPS) is 18.2. The molecule has 0 aliphatic carbocycles. The van der Waals surface area contributed by atoms with Gasteiger partial charge in [0.05, 0.1) is 12.5 Å². The zero-order chi connectivity index (χ0) is 18.4. The van der Waals surface area contributed by atoms with Crippen LogP contribution in [0.15, 0.2) is 54.6 Å². The average Bonchev–Trinajstić information content (AvgIpc) is 2.71. The Bertz CT molecular complexity index is 700. The fourth-order valence-corrected chi connectivity index (χ4v) is 3.37. The van der Waals surface area contributed by atoms with Crippen LogP contribution in [0.2, 0.25) is 0 Å². The first-order valence-corrected chi connectivity index (χ1v) is 8.92. The van der Waals surface area contributed by atoms with Gasteiger partial charge in [-0.1, -0.05) is 42.5 Å². The number of benzene rings is 2. The summed E-state index contributed by atoms with van der Waals surface area (Å²) in [6.07, 6.45) is 0.00487. The molecule has 1 heterocycles. The van der Waals surface area contributed by atoms with Gasteiger partial charge in [0.1, 0.15) is 6.23 Å². The number of ether oxygens (including phenoxy) is 1. The Hall–Kier alpha value is -2.41. The van der Waals surface area contributed by atoms with Gasteiger partial charge in [-0.05, 0) is 30.2 Å². The topological polar surface area (TPSA) is 73.8 Å². The van der Waals surface area contributed by atoms with Crippen LogP contribution in [-0.4, -0.2) is 43.6 Å². The van der Waals surface area contributed by atoms with Gasteiger partial charge < -0.3 is 15.0 Å². The molecular formula is C20H25N3O3. The molecule has 3 N–H and O–H groups in total. The molecule has 6 heteroatoms. The van der Waals surface area contributed by atoms with Crippen LogP contribution in [0.25, 0.3) is 0 Å². The summed E-state index contributed by atoms with van der Waals surface area (Å²) in [7, 11) is 0. The number of carbonyl (C=O) groups is 1. The van der Waals surface area contributed by atoms with Crippen molar-refractivity contribution in [2.45, 2.75) is 19.1 Å². The molecule has 1 amide bonds. The van der Waals surface area contributed by atoms with Crippen LogP contribution in [0, 0.1) is 0 Å². The molecule has 1 saturated heterocycles. The molecule has 0 radical (unpaired) electrons. The van der Waals surface area contributed by atoms with Crippen molar-refractivity contribution in [3.05, 3.63) is 65.7 Å². The van der Waals surface area contributed by atoms with E-state index in [1.165, 1.54) is 0 Å². The minimum atomic E-state index is -0.557. The van der Waals surface area contributed by atoms with Crippen molar-refractivity contribution >= 4 is 11.6 Å². The van der Waals surface area contributed by atoms with Crippen molar-refractivity contribution in [3.8, 4) is 0 Å². The first kappa shape index (κ1) is 18.4. The zero-order valence-corrected chi connectivity index (χ0v) is 14.9. The molecule has 2 aromatic carbocycles. The average molecular weight is 355 g/mol. The molecule has 2 atom stereocenters. The number of morpholine rings is 1. The zero-order valence-electron chi connectivity index (χ0n) is 14.9. The van der Waals surface area contributed by atoms with Crippen molar-refractivity contribution in [2.24, 2.45) is 0 Å². The number of nitrogens with zero attached hydrogens (tertiary/aromatic N) is 1. The van der Waals surface area contributed by atoms with Crippen molar-refractivity contribution in [1.29, 1.82) is 0 Å². The molecule has 0 saturated carbocycles. The molecule has 6 nitrogen and oxygen atoms in total. The van der Waals surface area contributed by atoms with E-state index in [4.69, 9.17) is 9.94 Å².